The minimum atomic E-state index is 0.964. The van der Waals surface area contributed by atoms with Crippen LogP contribution in [0, 0.1) is 11.8 Å². The first-order valence-corrected chi connectivity index (χ1v) is 5.38. The van der Waals surface area contributed by atoms with Gasteiger partial charge in [-0.05, 0) is 63.7 Å². The van der Waals surface area contributed by atoms with Crippen molar-refractivity contribution in [3.8, 4) is 0 Å². The Balaban J connectivity index is 1.80. The van der Waals surface area contributed by atoms with Crippen molar-refractivity contribution in [2.45, 2.75) is 25.7 Å². The van der Waals surface area contributed by atoms with Crippen molar-refractivity contribution in [2.75, 3.05) is 26.2 Å². The molecule has 2 saturated heterocycles. The first-order chi connectivity index (χ1) is 5.97. The van der Waals surface area contributed by atoms with Gasteiger partial charge in [0.25, 0.3) is 0 Å². The molecule has 2 atom stereocenters. The second-order valence-electron chi connectivity index (χ2n) is 4.21. The lowest BCUT2D eigenvalue weighted by atomic mass is 9.82. The molecule has 2 fully saturated rings. The third-order valence-electron chi connectivity index (χ3n) is 3.34. The molecule has 2 heteroatoms. The molecule has 2 unspecified atom stereocenters. The summed E-state index contributed by atoms with van der Waals surface area (Å²) in [5.41, 5.74) is 0. The van der Waals surface area contributed by atoms with Gasteiger partial charge in [0.15, 0.2) is 0 Å². The van der Waals surface area contributed by atoms with Gasteiger partial charge in [0, 0.05) is 0 Å². The van der Waals surface area contributed by atoms with Crippen LogP contribution in [0.5, 0.6) is 0 Å². The van der Waals surface area contributed by atoms with Gasteiger partial charge in [0.05, 0.1) is 0 Å². The van der Waals surface area contributed by atoms with Crippen LogP contribution in [0.1, 0.15) is 25.7 Å². The van der Waals surface area contributed by atoms with Crippen LogP contribution >= 0.6 is 0 Å². The highest BCUT2D eigenvalue weighted by atomic mass is 14.9. The first kappa shape index (κ1) is 8.52. The molecule has 70 valence electrons. The summed E-state index contributed by atoms with van der Waals surface area (Å²) >= 11 is 0. The number of nitrogens with one attached hydrogen (secondary N) is 2. The Morgan fingerprint density at radius 2 is 1.25 bits per heavy atom. The number of hydrogen-bond acceptors (Lipinski definition) is 2. The largest absolute Gasteiger partial charge is 0.316 e. The molecule has 12 heavy (non-hydrogen) atoms. The van der Waals surface area contributed by atoms with Crippen molar-refractivity contribution in [3.63, 3.8) is 0 Å². The zero-order valence-electron chi connectivity index (χ0n) is 7.81. The van der Waals surface area contributed by atoms with Gasteiger partial charge in [0.1, 0.15) is 0 Å². The van der Waals surface area contributed by atoms with E-state index in [1.165, 1.54) is 51.9 Å². The van der Waals surface area contributed by atoms with Crippen molar-refractivity contribution in [3.05, 3.63) is 0 Å². The maximum Gasteiger partial charge on any atom is -0.00174 e. The molecule has 0 aromatic heterocycles. The summed E-state index contributed by atoms with van der Waals surface area (Å²) in [7, 11) is 0. The normalized spacial score (nSPS) is 38.0. The Labute approximate surface area is 75.1 Å². The van der Waals surface area contributed by atoms with Crippen LogP contribution in [0.25, 0.3) is 0 Å². The molecular weight excluding hydrogens is 148 g/mol. The molecule has 0 saturated carbocycles. The number of hydrogen-bond donors (Lipinski definition) is 2. The second kappa shape index (κ2) is 4.24. The quantitative estimate of drug-likeness (QED) is 0.610. The van der Waals surface area contributed by atoms with Crippen molar-refractivity contribution in [2.24, 2.45) is 11.8 Å². The SMILES string of the molecule is C1CNCC(C2CCCNC2)C1. The first-order valence-electron chi connectivity index (χ1n) is 5.38. The van der Waals surface area contributed by atoms with Crippen molar-refractivity contribution in [1.82, 2.24) is 10.6 Å². The van der Waals surface area contributed by atoms with Crippen LogP contribution in [0.2, 0.25) is 0 Å². The Bertz CT molecular complexity index is 108. The van der Waals surface area contributed by atoms with Gasteiger partial charge in [0.2, 0.25) is 0 Å². The molecule has 2 rings (SSSR count). The van der Waals surface area contributed by atoms with Crippen LogP contribution in [0.15, 0.2) is 0 Å². The Hall–Kier alpha value is -0.0800. The molecule has 0 amide bonds. The van der Waals surface area contributed by atoms with Crippen molar-refractivity contribution in [1.29, 1.82) is 0 Å². The summed E-state index contributed by atoms with van der Waals surface area (Å²) in [6, 6.07) is 0. The summed E-state index contributed by atoms with van der Waals surface area (Å²) in [6.45, 7) is 5.03. The van der Waals surface area contributed by atoms with E-state index in [0.29, 0.717) is 0 Å². The maximum absolute atomic E-state index is 3.50. The highest BCUT2D eigenvalue weighted by Crippen LogP contribution is 2.25. The molecule has 0 aromatic rings. The zero-order valence-corrected chi connectivity index (χ0v) is 7.81. The van der Waals surface area contributed by atoms with Crippen LogP contribution < -0.4 is 10.6 Å². The average Bonchev–Trinajstić information content (AvgIpc) is 2.21. The van der Waals surface area contributed by atoms with Gasteiger partial charge in [-0.3, -0.25) is 0 Å². The van der Waals surface area contributed by atoms with Gasteiger partial charge in [-0.25, -0.2) is 0 Å². The smallest absolute Gasteiger partial charge is 0.00174 e. The lowest BCUT2D eigenvalue weighted by molar-refractivity contribution is 0.220. The summed E-state index contributed by atoms with van der Waals surface area (Å²) in [6.07, 6.45) is 5.70. The molecule has 2 N–H and O–H groups in total. The van der Waals surface area contributed by atoms with Gasteiger partial charge in [-0.2, -0.15) is 0 Å². The molecule has 2 heterocycles. The van der Waals surface area contributed by atoms with E-state index in [2.05, 4.69) is 10.6 Å². The topological polar surface area (TPSA) is 24.1 Å². The third-order valence-corrected chi connectivity index (χ3v) is 3.34. The Morgan fingerprint density at radius 1 is 0.750 bits per heavy atom. The van der Waals surface area contributed by atoms with Gasteiger partial charge < -0.3 is 10.6 Å². The van der Waals surface area contributed by atoms with Gasteiger partial charge in [-0.1, -0.05) is 0 Å². The van der Waals surface area contributed by atoms with E-state index in [1.807, 2.05) is 0 Å². The minimum Gasteiger partial charge on any atom is -0.316 e. The minimum absolute atomic E-state index is 0.964. The van der Waals surface area contributed by atoms with Gasteiger partial charge in [-0.15, -0.1) is 0 Å². The van der Waals surface area contributed by atoms with E-state index in [0.717, 1.165) is 11.8 Å². The summed E-state index contributed by atoms with van der Waals surface area (Å²) in [4.78, 5) is 0. The molecule has 2 aliphatic rings. The van der Waals surface area contributed by atoms with Crippen LogP contribution in [-0.2, 0) is 0 Å². The van der Waals surface area contributed by atoms with Crippen molar-refractivity contribution < 1.29 is 0 Å². The maximum atomic E-state index is 3.50. The average molecular weight is 168 g/mol. The molecule has 0 radical (unpaired) electrons. The number of piperidine rings is 2. The molecular formula is C10H20N2. The fourth-order valence-electron chi connectivity index (χ4n) is 2.56. The summed E-state index contributed by atoms with van der Waals surface area (Å²) in [5, 5.41) is 7.01. The Morgan fingerprint density at radius 3 is 1.58 bits per heavy atom. The molecule has 2 nitrogen and oxygen atoms in total. The summed E-state index contributed by atoms with van der Waals surface area (Å²) in [5.74, 6) is 1.93. The van der Waals surface area contributed by atoms with E-state index in [9.17, 15) is 0 Å². The van der Waals surface area contributed by atoms with Crippen LogP contribution in [-0.4, -0.2) is 26.2 Å². The standard InChI is InChI=1S/C10H20N2/c1-3-9(7-11-5-1)10-4-2-6-12-8-10/h9-12H,1-8H2. The molecule has 0 spiro atoms. The third kappa shape index (κ3) is 1.99. The predicted octanol–water partition coefficient (Wildman–Crippen LogP) is 0.986. The highest BCUT2D eigenvalue weighted by Gasteiger charge is 2.24. The molecule has 0 bridgehead atoms. The van der Waals surface area contributed by atoms with Crippen molar-refractivity contribution >= 4 is 0 Å². The van der Waals surface area contributed by atoms with Gasteiger partial charge >= 0.3 is 0 Å². The van der Waals surface area contributed by atoms with E-state index >= 15 is 0 Å². The second-order valence-corrected chi connectivity index (χ2v) is 4.21. The fraction of sp³-hybridized carbons (Fsp3) is 1.00. The summed E-state index contributed by atoms with van der Waals surface area (Å²) < 4.78 is 0. The predicted molar refractivity (Wildman–Crippen MR) is 51.2 cm³/mol. The lowest BCUT2D eigenvalue weighted by Crippen LogP contribution is -2.40. The van der Waals surface area contributed by atoms with Crippen LogP contribution in [0.4, 0.5) is 0 Å². The van der Waals surface area contributed by atoms with E-state index in [4.69, 9.17) is 0 Å². The molecule has 2 aliphatic heterocycles. The Kier molecular flexibility index (Phi) is 3.01. The zero-order chi connectivity index (χ0) is 8.23. The van der Waals surface area contributed by atoms with E-state index in [-0.39, 0.29) is 0 Å². The highest BCUT2D eigenvalue weighted by molar-refractivity contribution is 4.80. The fourth-order valence-corrected chi connectivity index (χ4v) is 2.56. The number of rotatable bonds is 1. The molecule has 0 aromatic carbocycles. The van der Waals surface area contributed by atoms with E-state index < -0.39 is 0 Å². The monoisotopic (exact) mass is 168 g/mol. The lowest BCUT2D eigenvalue weighted by Gasteiger charge is -2.33. The van der Waals surface area contributed by atoms with E-state index in [1.54, 1.807) is 0 Å². The van der Waals surface area contributed by atoms with Crippen LogP contribution in [0.3, 0.4) is 0 Å². The molecule has 0 aliphatic carbocycles.